The van der Waals surface area contributed by atoms with E-state index in [1.54, 1.807) is 7.11 Å². The Morgan fingerprint density at radius 3 is 2.88 bits per heavy atom. The molecule has 1 aliphatic carbocycles. The number of fused-ring (bicyclic) bond motifs is 1. The van der Waals surface area contributed by atoms with Crippen molar-refractivity contribution in [2.24, 2.45) is 5.92 Å². The van der Waals surface area contributed by atoms with Crippen molar-refractivity contribution in [3.63, 3.8) is 0 Å². The summed E-state index contributed by atoms with van der Waals surface area (Å²) < 4.78 is 5.33. The maximum absolute atomic E-state index is 5.33. The highest BCUT2D eigenvalue weighted by Crippen LogP contribution is 2.40. The summed E-state index contributed by atoms with van der Waals surface area (Å²) in [6.45, 7) is 1.11. The van der Waals surface area contributed by atoms with Gasteiger partial charge in [0.15, 0.2) is 0 Å². The van der Waals surface area contributed by atoms with E-state index in [9.17, 15) is 0 Å². The fraction of sp³-hybridized carbons (Fsp3) is 0.600. The summed E-state index contributed by atoms with van der Waals surface area (Å²) in [7, 11) is 1.75. The molecule has 1 aromatic rings. The van der Waals surface area contributed by atoms with E-state index in [4.69, 9.17) is 4.74 Å². The molecule has 0 bridgehead atoms. The first-order valence-corrected chi connectivity index (χ1v) is 6.78. The first-order valence-electron chi connectivity index (χ1n) is 6.78. The van der Waals surface area contributed by atoms with E-state index in [-0.39, 0.29) is 0 Å². The van der Waals surface area contributed by atoms with Gasteiger partial charge in [-0.2, -0.15) is 0 Å². The molecule has 1 aromatic carbocycles. The monoisotopic (exact) mass is 231 g/mol. The normalized spacial score (nSPS) is 23.5. The highest BCUT2D eigenvalue weighted by Gasteiger charge is 2.26. The molecular weight excluding hydrogens is 210 g/mol. The lowest BCUT2D eigenvalue weighted by atomic mass is 9.89. The van der Waals surface area contributed by atoms with E-state index in [0.29, 0.717) is 5.92 Å². The molecule has 0 amide bonds. The topological polar surface area (TPSA) is 21.3 Å². The third kappa shape index (κ3) is 2.13. The lowest BCUT2D eigenvalue weighted by Gasteiger charge is -2.15. The second-order valence-corrected chi connectivity index (χ2v) is 5.42. The lowest BCUT2D eigenvalue weighted by Crippen LogP contribution is -2.07. The van der Waals surface area contributed by atoms with Crippen LogP contribution in [-0.4, -0.2) is 13.7 Å². The Morgan fingerprint density at radius 1 is 1.29 bits per heavy atom. The molecule has 1 fully saturated rings. The van der Waals surface area contributed by atoms with Gasteiger partial charge >= 0.3 is 0 Å². The largest absolute Gasteiger partial charge is 0.497 e. The van der Waals surface area contributed by atoms with Crippen LogP contribution in [0.5, 0.6) is 5.75 Å². The smallest absolute Gasteiger partial charge is 0.119 e. The van der Waals surface area contributed by atoms with E-state index in [1.807, 2.05) is 6.07 Å². The Hall–Kier alpha value is -1.18. The zero-order valence-corrected chi connectivity index (χ0v) is 10.5. The fourth-order valence-corrected chi connectivity index (χ4v) is 3.37. The zero-order valence-electron chi connectivity index (χ0n) is 10.5. The van der Waals surface area contributed by atoms with Crippen LogP contribution in [0.15, 0.2) is 18.2 Å². The number of hydrogen-bond acceptors (Lipinski definition) is 2. The van der Waals surface area contributed by atoms with Crippen LogP contribution in [0, 0.1) is 5.92 Å². The molecule has 1 N–H and O–H groups in total. The number of nitrogens with one attached hydrogen (secondary N) is 1. The number of ether oxygens (including phenoxy) is 1. The predicted octanol–water partition coefficient (Wildman–Crippen LogP) is 3.78. The van der Waals surface area contributed by atoms with Crippen LogP contribution in [0.1, 0.15) is 43.6 Å². The summed E-state index contributed by atoms with van der Waals surface area (Å²) >= 11 is 0. The van der Waals surface area contributed by atoms with Crippen molar-refractivity contribution in [3.8, 4) is 5.75 Å². The molecule has 1 atom stereocenters. The van der Waals surface area contributed by atoms with E-state index < -0.39 is 0 Å². The minimum absolute atomic E-state index is 0.697. The van der Waals surface area contributed by atoms with Gasteiger partial charge in [0.05, 0.1) is 7.11 Å². The Bertz CT molecular complexity index is 396. The Morgan fingerprint density at radius 2 is 2.12 bits per heavy atom. The van der Waals surface area contributed by atoms with Crippen LogP contribution in [0.2, 0.25) is 0 Å². The van der Waals surface area contributed by atoms with Gasteiger partial charge in [-0.15, -0.1) is 0 Å². The van der Waals surface area contributed by atoms with Gasteiger partial charge in [-0.05, 0) is 36.1 Å². The van der Waals surface area contributed by atoms with Gasteiger partial charge in [-0.25, -0.2) is 0 Å². The highest BCUT2D eigenvalue weighted by atomic mass is 16.5. The molecule has 2 nitrogen and oxygen atoms in total. The van der Waals surface area contributed by atoms with Crippen molar-refractivity contribution in [1.29, 1.82) is 0 Å². The van der Waals surface area contributed by atoms with Crippen LogP contribution >= 0.6 is 0 Å². The fourth-order valence-electron chi connectivity index (χ4n) is 3.37. The van der Waals surface area contributed by atoms with E-state index in [1.165, 1.54) is 43.4 Å². The standard InChI is InChI=1S/C15H21NO/c1-17-13-6-7-15-14(9-13)12(10-16-15)8-11-4-2-3-5-11/h6-7,9,11-12,16H,2-5,8,10H2,1H3. The average molecular weight is 231 g/mol. The summed E-state index contributed by atoms with van der Waals surface area (Å²) in [4.78, 5) is 0. The molecule has 3 rings (SSSR count). The third-order valence-corrected chi connectivity index (χ3v) is 4.33. The van der Waals surface area contributed by atoms with E-state index in [0.717, 1.165) is 18.2 Å². The second kappa shape index (κ2) is 4.59. The average Bonchev–Trinajstić information content (AvgIpc) is 2.99. The van der Waals surface area contributed by atoms with Gasteiger partial charge in [-0.3, -0.25) is 0 Å². The molecule has 1 heterocycles. The van der Waals surface area contributed by atoms with Crippen molar-refractivity contribution in [1.82, 2.24) is 0 Å². The van der Waals surface area contributed by atoms with Crippen LogP contribution in [0.3, 0.4) is 0 Å². The lowest BCUT2D eigenvalue weighted by molar-refractivity contribution is 0.413. The summed E-state index contributed by atoms with van der Waals surface area (Å²) in [6.07, 6.45) is 7.12. The maximum Gasteiger partial charge on any atom is 0.119 e. The summed E-state index contributed by atoms with van der Waals surface area (Å²) in [6, 6.07) is 6.42. The summed E-state index contributed by atoms with van der Waals surface area (Å²) in [5, 5.41) is 3.52. The third-order valence-electron chi connectivity index (χ3n) is 4.33. The Balaban J connectivity index is 1.76. The van der Waals surface area contributed by atoms with Gasteiger partial charge in [0.1, 0.15) is 5.75 Å². The molecule has 17 heavy (non-hydrogen) atoms. The van der Waals surface area contributed by atoms with Crippen LogP contribution in [0.4, 0.5) is 5.69 Å². The quantitative estimate of drug-likeness (QED) is 0.854. The van der Waals surface area contributed by atoms with Crippen LogP contribution in [0.25, 0.3) is 0 Å². The molecule has 0 saturated heterocycles. The highest BCUT2D eigenvalue weighted by molar-refractivity contribution is 5.60. The number of hydrogen-bond donors (Lipinski definition) is 1. The predicted molar refractivity (Wildman–Crippen MR) is 70.8 cm³/mol. The van der Waals surface area contributed by atoms with Gasteiger partial charge in [-0.1, -0.05) is 25.7 Å². The summed E-state index contributed by atoms with van der Waals surface area (Å²) in [5.41, 5.74) is 2.78. The van der Waals surface area contributed by atoms with Crippen LogP contribution in [-0.2, 0) is 0 Å². The SMILES string of the molecule is COc1ccc2c(c1)C(CC1CCCC1)CN2. The Kier molecular flexibility index (Phi) is 2.96. The van der Waals surface area contributed by atoms with Crippen LogP contribution < -0.4 is 10.1 Å². The number of methoxy groups -OCH3 is 1. The minimum atomic E-state index is 0.697. The molecule has 2 aliphatic rings. The van der Waals surface area contributed by atoms with Crippen molar-refractivity contribution in [2.45, 2.75) is 38.0 Å². The van der Waals surface area contributed by atoms with E-state index >= 15 is 0 Å². The zero-order chi connectivity index (χ0) is 11.7. The molecule has 0 radical (unpaired) electrons. The van der Waals surface area contributed by atoms with E-state index in [2.05, 4.69) is 17.4 Å². The van der Waals surface area contributed by atoms with Crippen molar-refractivity contribution >= 4 is 5.69 Å². The number of anilines is 1. The molecule has 1 unspecified atom stereocenters. The molecule has 1 aliphatic heterocycles. The van der Waals surface area contributed by atoms with Gasteiger partial charge in [0.25, 0.3) is 0 Å². The number of benzene rings is 1. The molecular formula is C15H21NO. The Labute approximate surface area is 103 Å². The maximum atomic E-state index is 5.33. The molecule has 92 valence electrons. The first-order chi connectivity index (χ1) is 8.36. The minimum Gasteiger partial charge on any atom is -0.497 e. The van der Waals surface area contributed by atoms with Crippen molar-refractivity contribution in [3.05, 3.63) is 23.8 Å². The van der Waals surface area contributed by atoms with Crippen molar-refractivity contribution < 1.29 is 4.74 Å². The first kappa shape index (κ1) is 10.9. The van der Waals surface area contributed by atoms with Gasteiger partial charge < -0.3 is 10.1 Å². The molecule has 2 heteroatoms. The molecule has 0 spiro atoms. The van der Waals surface area contributed by atoms with Gasteiger partial charge in [0.2, 0.25) is 0 Å². The van der Waals surface area contributed by atoms with Gasteiger partial charge in [0, 0.05) is 18.2 Å². The second-order valence-electron chi connectivity index (χ2n) is 5.42. The molecule has 1 saturated carbocycles. The molecule has 0 aromatic heterocycles. The summed E-state index contributed by atoms with van der Waals surface area (Å²) in [5.74, 6) is 2.64. The van der Waals surface area contributed by atoms with Crippen molar-refractivity contribution in [2.75, 3.05) is 19.0 Å². The number of rotatable bonds is 3.